The van der Waals surface area contributed by atoms with Crippen LogP contribution >= 0.6 is 11.8 Å². The Kier molecular flexibility index (Phi) is 13.1. The smallest absolute Gasteiger partial charge is 0.303 e. The minimum absolute atomic E-state index is 0.0765. The van der Waals surface area contributed by atoms with Gasteiger partial charge in [-0.3, -0.25) is 19.7 Å². The summed E-state index contributed by atoms with van der Waals surface area (Å²) >= 11 is 1.88. The third-order valence-corrected chi connectivity index (χ3v) is 8.65. The lowest BCUT2D eigenvalue weighted by Gasteiger charge is -2.27. The Hall–Kier alpha value is -2.96. The number of aliphatic carboxylic acids is 2. The first-order valence-corrected chi connectivity index (χ1v) is 14.9. The fourth-order valence-corrected chi connectivity index (χ4v) is 6.19. The van der Waals surface area contributed by atoms with Crippen LogP contribution < -0.4 is 16.4 Å². The van der Waals surface area contributed by atoms with Crippen molar-refractivity contribution in [2.45, 2.75) is 87.6 Å². The van der Waals surface area contributed by atoms with Gasteiger partial charge in [0.1, 0.15) is 12.5 Å². The van der Waals surface area contributed by atoms with E-state index < -0.39 is 42.4 Å². The summed E-state index contributed by atoms with van der Waals surface area (Å²) in [6.45, 7) is 0. The highest BCUT2D eigenvalue weighted by molar-refractivity contribution is 8.03. The van der Waals surface area contributed by atoms with E-state index in [4.69, 9.17) is 15.9 Å². The van der Waals surface area contributed by atoms with Crippen molar-refractivity contribution in [3.8, 4) is 0 Å². The molecule has 6 atom stereocenters. The maximum absolute atomic E-state index is 12.9. The number of nitrogens with two attached hydrogens (primary N) is 1. The van der Waals surface area contributed by atoms with Crippen LogP contribution in [0.1, 0.15) is 68.6 Å². The van der Waals surface area contributed by atoms with Crippen LogP contribution in [-0.2, 0) is 14.4 Å². The van der Waals surface area contributed by atoms with E-state index in [1.807, 2.05) is 17.8 Å². The summed E-state index contributed by atoms with van der Waals surface area (Å²) in [5, 5.41) is 44.2. The molecule has 0 fully saturated rings. The number of carboxylic acids is 2. The first-order valence-electron chi connectivity index (χ1n) is 14.0. The summed E-state index contributed by atoms with van der Waals surface area (Å²) in [4.78, 5) is 36.1. The largest absolute Gasteiger partial charge is 0.481 e. The molecule has 0 radical (unpaired) electrons. The number of aliphatic hydroxyl groups excluding tert-OH is 2. The second kappa shape index (κ2) is 16.5. The van der Waals surface area contributed by atoms with Crippen molar-refractivity contribution in [3.63, 3.8) is 0 Å². The number of rotatable bonds is 17. The highest BCUT2D eigenvalue weighted by Gasteiger charge is 2.27. The predicted molar refractivity (Wildman–Crippen MR) is 157 cm³/mol. The molecule has 0 saturated carbocycles. The molecule has 1 aliphatic carbocycles. The number of aliphatic hydroxyl groups is 2. The molecule has 1 aromatic carbocycles. The van der Waals surface area contributed by atoms with Gasteiger partial charge in [-0.1, -0.05) is 54.6 Å². The van der Waals surface area contributed by atoms with Crippen LogP contribution in [0.2, 0.25) is 0 Å². The summed E-state index contributed by atoms with van der Waals surface area (Å²) in [7, 11) is 0. The van der Waals surface area contributed by atoms with Crippen LogP contribution in [0, 0.1) is 5.92 Å². The highest BCUT2D eigenvalue weighted by Crippen LogP contribution is 2.47. The predicted octanol–water partition coefficient (Wildman–Crippen LogP) is 3.19. The van der Waals surface area contributed by atoms with Crippen LogP contribution in [0.25, 0.3) is 0 Å². The van der Waals surface area contributed by atoms with E-state index in [9.17, 15) is 24.6 Å². The number of thioether (sulfide) groups is 1. The van der Waals surface area contributed by atoms with Gasteiger partial charge in [-0.05, 0) is 62.0 Å². The van der Waals surface area contributed by atoms with Gasteiger partial charge >= 0.3 is 11.9 Å². The highest BCUT2D eigenvalue weighted by atomic mass is 32.2. The van der Waals surface area contributed by atoms with Crippen LogP contribution in [0.15, 0.2) is 65.1 Å². The van der Waals surface area contributed by atoms with Gasteiger partial charge in [0.15, 0.2) is 0 Å². The fraction of sp³-hybridized carbons (Fsp3) is 0.500. The van der Waals surface area contributed by atoms with Gasteiger partial charge in [0.25, 0.3) is 0 Å². The van der Waals surface area contributed by atoms with Crippen molar-refractivity contribution in [1.82, 2.24) is 10.6 Å². The van der Waals surface area contributed by atoms with Crippen molar-refractivity contribution in [1.29, 1.82) is 0 Å². The maximum atomic E-state index is 12.9. The van der Waals surface area contributed by atoms with Crippen LogP contribution in [0.3, 0.4) is 0 Å². The first kappa shape index (κ1) is 32.6. The summed E-state index contributed by atoms with van der Waals surface area (Å²) in [6.07, 6.45) is 8.98. The molecule has 1 aromatic rings. The Bertz CT molecular complexity index is 1120. The van der Waals surface area contributed by atoms with Crippen LogP contribution in [0.4, 0.5) is 0 Å². The Morgan fingerprint density at radius 3 is 2.34 bits per heavy atom. The number of hydrogen-bond donors (Lipinski definition) is 7. The molecule has 1 amide bonds. The van der Waals surface area contributed by atoms with Crippen molar-refractivity contribution < 1.29 is 34.8 Å². The zero-order chi connectivity index (χ0) is 29.8. The molecule has 1 heterocycles. The summed E-state index contributed by atoms with van der Waals surface area (Å²) in [5.74, 6) is -2.48. The lowest BCUT2D eigenvalue weighted by atomic mass is 9.92. The lowest BCUT2D eigenvalue weighted by Crippen LogP contribution is -2.55. The number of hydrogen-bond acceptors (Lipinski definition) is 8. The van der Waals surface area contributed by atoms with E-state index in [0.29, 0.717) is 18.1 Å². The van der Waals surface area contributed by atoms with Gasteiger partial charge in [0.2, 0.25) is 5.91 Å². The number of benzene rings is 1. The number of carboxylic acid groups (broad SMARTS) is 2. The van der Waals surface area contributed by atoms with E-state index in [-0.39, 0.29) is 38.0 Å². The number of nitrogens with one attached hydrogen (secondary N) is 2. The minimum atomic E-state index is -1.42. The molecule has 8 N–H and O–H groups in total. The Morgan fingerprint density at radius 2 is 1.71 bits per heavy atom. The lowest BCUT2D eigenvalue weighted by molar-refractivity contribution is -0.138. The molecule has 2 aliphatic rings. The third kappa shape index (κ3) is 11.1. The monoisotopic (exact) mass is 587 g/mol. The molecule has 224 valence electrons. The van der Waals surface area contributed by atoms with Crippen molar-refractivity contribution >= 4 is 29.6 Å². The number of carbonyl (C=O) groups excluding carboxylic acids is 1. The zero-order valence-corrected chi connectivity index (χ0v) is 23.8. The van der Waals surface area contributed by atoms with E-state index in [2.05, 4.69) is 59.2 Å². The van der Waals surface area contributed by atoms with Gasteiger partial charge in [-0.25, -0.2) is 0 Å². The molecule has 0 aromatic heterocycles. The van der Waals surface area contributed by atoms with Crippen LogP contribution in [0.5, 0.6) is 0 Å². The van der Waals surface area contributed by atoms with Crippen molar-refractivity contribution in [2.24, 2.45) is 11.7 Å². The number of carbonyl (C=O) groups is 3. The molecule has 3 rings (SSSR count). The van der Waals surface area contributed by atoms with Crippen molar-refractivity contribution in [3.05, 3.63) is 70.7 Å². The van der Waals surface area contributed by atoms with Crippen molar-refractivity contribution in [2.75, 3.05) is 0 Å². The quantitative estimate of drug-likeness (QED) is 0.134. The number of allylic oxidation sites excluding steroid dienone is 5. The second-order valence-corrected chi connectivity index (χ2v) is 11.7. The van der Waals surface area contributed by atoms with E-state index in [1.165, 1.54) is 16.0 Å². The molecule has 0 spiro atoms. The zero-order valence-electron chi connectivity index (χ0n) is 23.0. The molecule has 6 unspecified atom stereocenters. The standard InChI is InChI=1S/C30H41N3O7S/c31-29(39)22(7-4-8-27(35)36)33-30(40)23(14-18-28(37)38)32-26(34)17-11-19-9-12-21(13-10-19)25-16-15-24(41-25)20-5-2-1-3-6-20/h1-3,5-6,9,12-13,16,19,22-24,26,29,32,34,39H,4,7-8,10-11,14-15,17-18,31H2,(H,33,40)(H,35,36)(H,37,38). The molecule has 10 nitrogen and oxygen atoms in total. The molecular formula is C30H41N3O7S. The number of amides is 1. The van der Waals surface area contributed by atoms with E-state index in [0.717, 1.165) is 12.8 Å². The maximum Gasteiger partial charge on any atom is 0.303 e. The Morgan fingerprint density at radius 1 is 0.976 bits per heavy atom. The Balaban J connectivity index is 1.47. The molecule has 11 heteroatoms. The molecule has 0 bridgehead atoms. The van der Waals surface area contributed by atoms with Gasteiger partial charge in [0.05, 0.1) is 12.1 Å². The minimum Gasteiger partial charge on any atom is -0.481 e. The first-order chi connectivity index (χ1) is 19.6. The molecule has 41 heavy (non-hydrogen) atoms. The van der Waals surface area contributed by atoms with E-state index >= 15 is 0 Å². The molecular weight excluding hydrogens is 546 g/mol. The van der Waals surface area contributed by atoms with Crippen LogP contribution in [-0.4, -0.2) is 62.8 Å². The van der Waals surface area contributed by atoms with Gasteiger partial charge in [-0.2, -0.15) is 0 Å². The van der Waals surface area contributed by atoms with E-state index in [1.54, 1.807) is 0 Å². The normalized spacial score (nSPS) is 21.3. The Labute approximate surface area is 244 Å². The van der Waals surface area contributed by atoms with Gasteiger partial charge in [-0.15, -0.1) is 11.8 Å². The van der Waals surface area contributed by atoms with Gasteiger partial charge < -0.3 is 31.5 Å². The molecule has 1 aliphatic heterocycles. The molecule has 0 saturated heterocycles. The fourth-order valence-electron chi connectivity index (χ4n) is 4.91. The second-order valence-electron chi connectivity index (χ2n) is 10.5. The average molecular weight is 588 g/mol. The average Bonchev–Trinajstić information content (AvgIpc) is 3.44. The topological polar surface area (TPSA) is 182 Å². The SMILES string of the molecule is NC(O)C(CCCC(=O)O)NC(=O)C(CCC(=O)O)NC(O)CCC1C=CC(C2=CCC(c3ccccc3)S2)=CC1. The summed E-state index contributed by atoms with van der Waals surface area (Å²) < 4.78 is 0. The van der Waals surface area contributed by atoms with Gasteiger partial charge in [0, 0.05) is 23.0 Å². The summed E-state index contributed by atoms with van der Waals surface area (Å²) in [5.41, 5.74) is 8.09. The summed E-state index contributed by atoms with van der Waals surface area (Å²) in [6, 6.07) is 8.54. The third-order valence-electron chi connectivity index (χ3n) is 7.24.